The first-order chi connectivity index (χ1) is 9.99. The molecule has 0 amide bonds. The van der Waals surface area contributed by atoms with E-state index in [0.717, 1.165) is 12.8 Å². The molecule has 0 bridgehead atoms. The van der Waals surface area contributed by atoms with Gasteiger partial charge < -0.3 is 20.5 Å². The van der Waals surface area contributed by atoms with Crippen molar-refractivity contribution in [2.24, 2.45) is 5.92 Å². The second kappa shape index (κ2) is 6.44. The lowest BCUT2D eigenvalue weighted by molar-refractivity contribution is 0.0603. The molecule has 0 aliphatic heterocycles. The minimum absolute atomic E-state index is 0.0136. The molecule has 0 aromatic carbocycles. The molecule has 1 aromatic rings. The largest absolute Gasteiger partial charge is 0.465 e. The molecule has 0 saturated heterocycles. The minimum atomic E-state index is -0.536. The summed E-state index contributed by atoms with van der Waals surface area (Å²) in [6.07, 6.45) is 1.79. The third-order valence-corrected chi connectivity index (χ3v) is 4.45. The smallest absolute Gasteiger partial charge is 0.343 e. The summed E-state index contributed by atoms with van der Waals surface area (Å²) in [5.41, 5.74) is 6.48. The highest BCUT2D eigenvalue weighted by Gasteiger charge is 2.35. The monoisotopic (exact) mass is 312 g/mol. The van der Waals surface area contributed by atoms with Crippen molar-refractivity contribution in [3.63, 3.8) is 0 Å². The summed E-state index contributed by atoms with van der Waals surface area (Å²) >= 11 is 1.22. The van der Waals surface area contributed by atoms with Crippen molar-refractivity contribution in [3.8, 4) is 0 Å². The van der Waals surface area contributed by atoms with E-state index >= 15 is 0 Å². The van der Waals surface area contributed by atoms with Crippen molar-refractivity contribution >= 4 is 33.8 Å². The Labute approximate surface area is 127 Å². The molecular formula is C14H20N2O4S. The first-order valence-corrected chi connectivity index (χ1v) is 7.61. The van der Waals surface area contributed by atoms with Gasteiger partial charge in [0, 0.05) is 19.1 Å². The van der Waals surface area contributed by atoms with Crippen molar-refractivity contribution in [1.29, 1.82) is 0 Å². The molecule has 1 aliphatic rings. The Hall–Kier alpha value is -1.60. The lowest BCUT2D eigenvalue weighted by Gasteiger charge is -2.13. The topological polar surface area (TPSA) is 90.6 Å². The predicted octanol–water partition coefficient (Wildman–Crippen LogP) is 2.16. The van der Waals surface area contributed by atoms with Crippen molar-refractivity contribution < 1.29 is 19.1 Å². The van der Waals surface area contributed by atoms with Crippen LogP contribution in [0.3, 0.4) is 0 Å². The highest BCUT2D eigenvalue weighted by atomic mass is 32.1. The fraction of sp³-hybridized carbons (Fsp3) is 0.571. The number of nitrogens with two attached hydrogens (primary N) is 1. The van der Waals surface area contributed by atoms with Crippen LogP contribution >= 0.6 is 11.3 Å². The normalized spacial score (nSPS) is 15.6. The molecular weight excluding hydrogens is 292 g/mol. The molecule has 6 nitrogen and oxygen atoms in total. The predicted molar refractivity (Wildman–Crippen MR) is 82.1 cm³/mol. The van der Waals surface area contributed by atoms with Crippen LogP contribution in [-0.2, 0) is 9.47 Å². The number of Topliss-reactive ketones (excluding diaryl/α,β-unsaturated/α-hetero) is 1. The molecule has 1 heterocycles. The Morgan fingerprint density at radius 2 is 2.10 bits per heavy atom. The number of nitrogens with one attached hydrogen (secondary N) is 1. The molecule has 1 aromatic heterocycles. The van der Waals surface area contributed by atoms with Crippen LogP contribution in [0.5, 0.6) is 0 Å². The van der Waals surface area contributed by atoms with E-state index in [-0.39, 0.29) is 29.0 Å². The van der Waals surface area contributed by atoms with Gasteiger partial charge in [-0.05, 0) is 19.8 Å². The Morgan fingerprint density at radius 3 is 2.62 bits per heavy atom. The molecule has 7 heteroatoms. The first kappa shape index (κ1) is 15.8. The van der Waals surface area contributed by atoms with Crippen molar-refractivity contribution in [1.82, 2.24) is 0 Å². The number of rotatable bonds is 7. The molecule has 1 atom stereocenters. The average molecular weight is 312 g/mol. The van der Waals surface area contributed by atoms with E-state index in [1.807, 2.05) is 6.92 Å². The van der Waals surface area contributed by atoms with Crippen LogP contribution in [0.15, 0.2) is 0 Å². The standard InChI is InChI=1S/C14H20N2O4S/c1-7(6-19-2)16-13-9(14(18)20-3)10(15)12(21-13)11(17)8-4-5-8/h7-8,16H,4-6,15H2,1-3H3. The van der Waals surface area contributed by atoms with Gasteiger partial charge in [-0.3, -0.25) is 4.79 Å². The van der Waals surface area contributed by atoms with Crippen molar-refractivity contribution in [2.75, 3.05) is 31.9 Å². The number of carbonyl (C=O) groups excluding carboxylic acids is 2. The number of anilines is 2. The van der Waals surface area contributed by atoms with E-state index in [2.05, 4.69) is 5.32 Å². The van der Waals surface area contributed by atoms with Crippen LogP contribution < -0.4 is 11.1 Å². The number of carbonyl (C=O) groups is 2. The van der Waals surface area contributed by atoms with Gasteiger partial charge in [-0.1, -0.05) is 0 Å². The molecule has 116 valence electrons. The lowest BCUT2D eigenvalue weighted by Crippen LogP contribution is -2.21. The Balaban J connectivity index is 2.34. The summed E-state index contributed by atoms with van der Waals surface area (Å²) in [5.74, 6) is -0.457. The zero-order chi connectivity index (χ0) is 15.6. The maximum atomic E-state index is 12.2. The average Bonchev–Trinajstić information content (AvgIpc) is 3.23. The highest BCUT2D eigenvalue weighted by molar-refractivity contribution is 7.19. The van der Waals surface area contributed by atoms with Gasteiger partial charge in [0.2, 0.25) is 0 Å². The van der Waals surface area contributed by atoms with Gasteiger partial charge >= 0.3 is 5.97 Å². The van der Waals surface area contributed by atoms with Gasteiger partial charge in [0.15, 0.2) is 5.78 Å². The van der Waals surface area contributed by atoms with E-state index in [1.165, 1.54) is 18.4 Å². The third-order valence-electron chi connectivity index (χ3n) is 3.30. The maximum Gasteiger partial charge on any atom is 0.343 e. The van der Waals surface area contributed by atoms with Crippen LogP contribution in [0.4, 0.5) is 10.7 Å². The molecule has 1 saturated carbocycles. The van der Waals surface area contributed by atoms with Gasteiger partial charge in [-0.25, -0.2) is 4.79 Å². The van der Waals surface area contributed by atoms with E-state index in [1.54, 1.807) is 7.11 Å². The fourth-order valence-corrected chi connectivity index (χ4v) is 3.32. The summed E-state index contributed by atoms with van der Waals surface area (Å²) in [6.45, 7) is 2.40. The van der Waals surface area contributed by atoms with E-state index < -0.39 is 5.97 Å². The minimum Gasteiger partial charge on any atom is -0.465 e. The van der Waals surface area contributed by atoms with Crippen LogP contribution in [0, 0.1) is 5.92 Å². The Morgan fingerprint density at radius 1 is 1.43 bits per heavy atom. The first-order valence-electron chi connectivity index (χ1n) is 6.79. The van der Waals surface area contributed by atoms with Gasteiger partial charge in [0.1, 0.15) is 10.6 Å². The van der Waals surface area contributed by atoms with Gasteiger partial charge in [0.05, 0.1) is 24.3 Å². The Bertz CT molecular complexity index is 551. The molecule has 3 N–H and O–H groups in total. The van der Waals surface area contributed by atoms with Crippen LogP contribution in [-0.4, -0.2) is 38.6 Å². The van der Waals surface area contributed by atoms with E-state index in [0.29, 0.717) is 16.5 Å². The number of thiophene rings is 1. The van der Waals surface area contributed by atoms with Crippen LogP contribution in [0.2, 0.25) is 0 Å². The summed E-state index contributed by atoms with van der Waals surface area (Å²) in [6, 6.07) is -0.0136. The van der Waals surface area contributed by atoms with Crippen molar-refractivity contribution in [2.45, 2.75) is 25.8 Å². The summed E-state index contributed by atoms with van der Waals surface area (Å²) < 4.78 is 9.84. The maximum absolute atomic E-state index is 12.2. The molecule has 0 radical (unpaired) electrons. The van der Waals surface area contributed by atoms with Crippen LogP contribution in [0.1, 0.15) is 39.8 Å². The van der Waals surface area contributed by atoms with Gasteiger partial charge in [0.25, 0.3) is 0 Å². The second-order valence-corrected chi connectivity index (χ2v) is 6.20. The van der Waals surface area contributed by atoms with E-state index in [9.17, 15) is 9.59 Å². The number of nitrogen functional groups attached to an aromatic ring is 1. The van der Waals surface area contributed by atoms with E-state index in [4.69, 9.17) is 15.2 Å². The number of hydrogen-bond donors (Lipinski definition) is 2. The third kappa shape index (κ3) is 3.36. The summed E-state index contributed by atoms with van der Waals surface area (Å²) in [4.78, 5) is 24.6. The van der Waals surface area contributed by atoms with Crippen LogP contribution in [0.25, 0.3) is 0 Å². The molecule has 0 spiro atoms. The van der Waals surface area contributed by atoms with Gasteiger partial charge in [-0.15, -0.1) is 11.3 Å². The second-order valence-electron chi connectivity index (χ2n) is 5.18. The molecule has 1 unspecified atom stereocenters. The highest BCUT2D eigenvalue weighted by Crippen LogP contribution is 2.42. The number of ether oxygens (including phenoxy) is 2. The number of methoxy groups -OCH3 is 2. The SMILES string of the molecule is COCC(C)Nc1sc(C(=O)C2CC2)c(N)c1C(=O)OC. The lowest BCUT2D eigenvalue weighted by atomic mass is 10.1. The zero-order valence-electron chi connectivity index (χ0n) is 12.4. The summed E-state index contributed by atoms with van der Waals surface area (Å²) in [5, 5.41) is 3.73. The molecule has 1 fully saturated rings. The molecule has 21 heavy (non-hydrogen) atoms. The molecule has 2 rings (SSSR count). The fourth-order valence-electron chi connectivity index (χ4n) is 2.08. The Kier molecular flexibility index (Phi) is 4.84. The number of ketones is 1. The van der Waals surface area contributed by atoms with Crippen molar-refractivity contribution in [3.05, 3.63) is 10.4 Å². The molecule has 1 aliphatic carbocycles. The number of hydrogen-bond acceptors (Lipinski definition) is 7. The van der Waals surface area contributed by atoms with Gasteiger partial charge in [-0.2, -0.15) is 0 Å². The number of esters is 1. The quantitative estimate of drug-likeness (QED) is 0.592. The zero-order valence-corrected chi connectivity index (χ0v) is 13.2. The summed E-state index contributed by atoms with van der Waals surface area (Å²) in [7, 11) is 2.90.